The Labute approximate surface area is 155 Å². The maximum absolute atomic E-state index is 12.5. The van der Waals surface area contributed by atoms with Crippen LogP contribution in [0.1, 0.15) is 37.0 Å². The number of primary amides is 1. The Morgan fingerprint density at radius 1 is 1.15 bits per heavy atom. The number of nitrogens with two attached hydrogens (primary N) is 1. The molecule has 0 spiro atoms. The fourth-order valence-electron chi connectivity index (χ4n) is 3.48. The fourth-order valence-corrected chi connectivity index (χ4v) is 3.48. The van der Waals surface area contributed by atoms with Crippen LogP contribution in [0.4, 0.5) is 10.5 Å². The molecule has 7 nitrogen and oxygen atoms in total. The van der Waals surface area contributed by atoms with E-state index in [2.05, 4.69) is 29.4 Å². The first-order valence-corrected chi connectivity index (χ1v) is 9.31. The van der Waals surface area contributed by atoms with E-state index < -0.39 is 6.03 Å². The molecule has 0 saturated carbocycles. The van der Waals surface area contributed by atoms with E-state index in [0.29, 0.717) is 29.8 Å². The van der Waals surface area contributed by atoms with E-state index in [1.54, 1.807) is 24.3 Å². The first-order valence-electron chi connectivity index (χ1n) is 9.31. The summed E-state index contributed by atoms with van der Waals surface area (Å²) in [5.41, 5.74) is 6.21. The maximum atomic E-state index is 12.5. The molecule has 1 aromatic rings. The molecule has 7 heteroatoms. The second-order valence-corrected chi connectivity index (χ2v) is 6.57. The average molecular weight is 362 g/mol. The summed E-state index contributed by atoms with van der Waals surface area (Å²) < 4.78 is 5.46. The fraction of sp³-hybridized carbons (Fsp3) is 0.579. The molecule has 3 amide bonds. The first-order chi connectivity index (χ1) is 12.5. The molecule has 2 rings (SSSR count). The van der Waals surface area contributed by atoms with Gasteiger partial charge >= 0.3 is 6.03 Å². The zero-order valence-corrected chi connectivity index (χ0v) is 15.7. The van der Waals surface area contributed by atoms with E-state index in [9.17, 15) is 9.59 Å². The molecule has 1 heterocycles. The van der Waals surface area contributed by atoms with E-state index in [1.807, 2.05) is 0 Å². The van der Waals surface area contributed by atoms with Crippen molar-refractivity contribution in [1.29, 1.82) is 0 Å². The lowest BCUT2D eigenvalue weighted by atomic mass is 9.92. The molecular formula is C19H30N4O3. The number of carbonyl (C=O) groups is 2. The second kappa shape index (κ2) is 10.1. The van der Waals surface area contributed by atoms with Gasteiger partial charge < -0.3 is 21.1 Å². The molecule has 1 unspecified atom stereocenters. The lowest BCUT2D eigenvalue weighted by Crippen LogP contribution is -2.52. The van der Waals surface area contributed by atoms with Crippen LogP contribution in [0.15, 0.2) is 24.3 Å². The number of benzene rings is 1. The second-order valence-electron chi connectivity index (χ2n) is 6.57. The lowest BCUT2D eigenvalue weighted by Gasteiger charge is -2.38. The molecule has 1 fully saturated rings. The van der Waals surface area contributed by atoms with Crippen molar-refractivity contribution in [3.05, 3.63) is 29.8 Å². The number of rotatable bonds is 8. The Balaban J connectivity index is 1.97. The van der Waals surface area contributed by atoms with Crippen LogP contribution in [0.5, 0.6) is 0 Å². The Morgan fingerprint density at radius 2 is 1.77 bits per heavy atom. The third kappa shape index (κ3) is 5.71. The summed E-state index contributed by atoms with van der Waals surface area (Å²) >= 11 is 0. The zero-order valence-electron chi connectivity index (χ0n) is 15.7. The van der Waals surface area contributed by atoms with Gasteiger partial charge in [0, 0.05) is 36.9 Å². The third-order valence-electron chi connectivity index (χ3n) is 4.99. The molecule has 26 heavy (non-hydrogen) atoms. The van der Waals surface area contributed by atoms with Crippen molar-refractivity contribution in [1.82, 2.24) is 10.2 Å². The van der Waals surface area contributed by atoms with Crippen LogP contribution in [-0.4, -0.2) is 55.7 Å². The van der Waals surface area contributed by atoms with Crippen molar-refractivity contribution in [2.24, 2.45) is 11.7 Å². The first kappa shape index (κ1) is 20.2. The number of hydrogen-bond acceptors (Lipinski definition) is 4. The van der Waals surface area contributed by atoms with E-state index in [4.69, 9.17) is 10.5 Å². The van der Waals surface area contributed by atoms with Crippen LogP contribution in [-0.2, 0) is 4.74 Å². The number of urea groups is 1. The van der Waals surface area contributed by atoms with Crippen LogP contribution in [0.2, 0.25) is 0 Å². The van der Waals surface area contributed by atoms with E-state index in [1.165, 1.54) is 0 Å². The minimum absolute atomic E-state index is 0.111. The Kier molecular flexibility index (Phi) is 7.87. The van der Waals surface area contributed by atoms with Gasteiger partial charge in [-0.25, -0.2) is 4.79 Å². The SMILES string of the molecule is CCC(CC)C(CNC(=O)c1ccc(NC(N)=O)cc1)N1CCOCC1. The van der Waals surface area contributed by atoms with Gasteiger partial charge in [-0.3, -0.25) is 9.69 Å². The number of ether oxygens (including phenoxy) is 1. The van der Waals surface area contributed by atoms with Gasteiger partial charge in [0.15, 0.2) is 0 Å². The number of amides is 3. The number of hydrogen-bond donors (Lipinski definition) is 3. The quantitative estimate of drug-likeness (QED) is 0.659. The normalized spacial score (nSPS) is 16.3. The van der Waals surface area contributed by atoms with Crippen molar-refractivity contribution >= 4 is 17.6 Å². The van der Waals surface area contributed by atoms with Crippen LogP contribution >= 0.6 is 0 Å². The highest BCUT2D eigenvalue weighted by molar-refractivity contribution is 5.95. The molecule has 1 aliphatic heterocycles. The number of anilines is 1. The zero-order chi connectivity index (χ0) is 18.9. The molecule has 0 bridgehead atoms. The Hall–Kier alpha value is -2.12. The summed E-state index contributed by atoms with van der Waals surface area (Å²) in [4.78, 5) is 25.8. The highest BCUT2D eigenvalue weighted by Crippen LogP contribution is 2.20. The van der Waals surface area contributed by atoms with Crippen molar-refractivity contribution < 1.29 is 14.3 Å². The summed E-state index contributed by atoms with van der Waals surface area (Å²) in [7, 11) is 0. The van der Waals surface area contributed by atoms with Crippen LogP contribution in [0, 0.1) is 5.92 Å². The number of nitrogens with one attached hydrogen (secondary N) is 2. The smallest absolute Gasteiger partial charge is 0.316 e. The standard InChI is InChI=1S/C19H30N4O3/c1-3-14(4-2)17(23-9-11-26-12-10-23)13-21-18(24)15-5-7-16(8-6-15)22-19(20)25/h5-8,14,17H,3-4,9-13H2,1-2H3,(H,21,24)(H3,20,22,25). The van der Waals surface area contributed by atoms with Gasteiger partial charge in [-0.15, -0.1) is 0 Å². The monoisotopic (exact) mass is 362 g/mol. The highest BCUT2D eigenvalue weighted by atomic mass is 16.5. The minimum atomic E-state index is -0.624. The predicted molar refractivity (Wildman–Crippen MR) is 102 cm³/mol. The van der Waals surface area contributed by atoms with Crippen molar-refractivity contribution in [2.45, 2.75) is 32.7 Å². The summed E-state index contributed by atoms with van der Waals surface area (Å²) in [5.74, 6) is 0.426. The maximum Gasteiger partial charge on any atom is 0.316 e. The summed E-state index contributed by atoms with van der Waals surface area (Å²) in [6, 6.07) is 6.39. The number of nitrogens with zero attached hydrogens (tertiary/aromatic N) is 1. The summed E-state index contributed by atoms with van der Waals surface area (Å²) in [5, 5.41) is 5.56. The van der Waals surface area contributed by atoms with Gasteiger partial charge in [0.25, 0.3) is 5.91 Å². The summed E-state index contributed by atoms with van der Waals surface area (Å²) in [6.45, 7) is 8.33. The molecular weight excluding hydrogens is 332 g/mol. The molecule has 1 aliphatic rings. The van der Waals surface area contributed by atoms with Gasteiger partial charge in [0.2, 0.25) is 0 Å². The molecule has 1 saturated heterocycles. The van der Waals surface area contributed by atoms with Gasteiger partial charge in [-0.2, -0.15) is 0 Å². The van der Waals surface area contributed by atoms with Gasteiger partial charge in [-0.05, 0) is 30.2 Å². The van der Waals surface area contributed by atoms with Crippen molar-refractivity contribution in [3.8, 4) is 0 Å². The molecule has 1 atom stereocenters. The Bertz CT molecular complexity index is 581. The largest absolute Gasteiger partial charge is 0.379 e. The molecule has 0 radical (unpaired) electrons. The highest BCUT2D eigenvalue weighted by Gasteiger charge is 2.27. The minimum Gasteiger partial charge on any atom is -0.379 e. The third-order valence-corrected chi connectivity index (χ3v) is 4.99. The van der Waals surface area contributed by atoms with Crippen molar-refractivity contribution in [3.63, 3.8) is 0 Å². The average Bonchev–Trinajstić information content (AvgIpc) is 2.65. The van der Waals surface area contributed by atoms with Crippen LogP contribution < -0.4 is 16.4 Å². The van der Waals surface area contributed by atoms with Gasteiger partial charge in [0.05, 0.1) is 13.2 Å². The number of morpholine rings is 1. The van der Waals surface area contributed by atoms with E-state index in [0.717, 1.165) is 39.1 Å². The van der Waals surface area contributed by atoms with Gasteiger partial charge in [0.1, 0.15) is 0 Å². The molecule has 4 N–H and O–H groups in total. The van der Waals surface area contributed by atoms with E-state index in [-0.39, 0.29) is 5.91 Å². The van der Waals surface area contributed by atoms with E-state index >= 15 is 0 Å². The lowest BCUT2D eigenvalue weighted by molar-refractivity contribution is 0.00191. The number of carbonyl (C=O) groups excluding carboxylic acids is 2. The molecule has 0 aromatic heterocycles. The van der Waals surface area contributed by atoms with Crippen LogP contribution in [0.3, 0.4) is 0 Å². The predicted octanol–water partition coefficient (Wildman–Crippen LogP) is 2.04. The Morgan fingerprint density at radius 3 is 2.31 bits per heavy atom. The molecule has 1 aromatic carbocycles. The van der Waals surface area contributed by atoms with Gasteiger partial charge in [-0.1, -0.05) is 26.7 Å². The molecule has 0 aliphatic carbocycles. The topological polar surface area (TPSA) is 96.7 Å². The summed E-state index contributed by atoms with van der Waals surface area (Å²) in [6.07, 6.45) is 2.17. The molecule has 144 valence electrons. The van der Waals surface area contributed by atoms with Crippen molar-refractivity contribution in [2.75, 3.05) is 38.2 Å². The van der Waals surface area contributed by atoms with Crippen LogP contribution in [0.25, 0.3) is 0 Å².